The zero-order valence-corrected chi connectivity index (χ0v) is 11.6. The van der Waals surface area contributed by atoms with E-state index in [4.69, 9.17) is 4.74 Å². The van der Waals surface area contributed by atoms with Gasteiger partial charge in [-0.2, -0.15) is 0 Å². The van der Waals surface area contributed by atoms with Crippen molar-refractivity contribution in [3.63, 3.8) is 0 Å². The summed E-state index contributed by atoms with van der Waals surface area (Å²) in [6.45, 7) is 1.51. The topological polar surface area (TPSA) is 29.5 Å². The number of thiol groups is 1. The number of nitrogens with zero attached hydrogens (tertiary/aromatic N) is 1. The number of likely N-dealkylation sites (N-methyl/N-ethyl adjacent to an activating group) is 1. The van der Waals surface area contributed by atoms with Gasteiger partial charge in [-0.1, -0.05) is 0 Å². The number of hydrogen-bond acceptors (Lipinski definition) is 4. The number of thiophene rings is 1. The standard InChI is InChI=1S/C12H17NO2S2/c1-13(7-9-4-2-3-5-15-9)12(14)11-6-10(16)8-17-11/h6,8-9,16H,2-5,7H2,1H3. The third kappa shape index (κ3) is 3.47. The van der Waals surface area contributed by atoms with Crippen LogP contribution < -0.4 is 0 Å². The minimum absolute atomic E-state index is 0.0597. The van der Waals surface area contributed by atoms with Crippen molar-refractivity contribution in [3.05, 3.63) is 16.3 Å². The van der Waals surface area contributed by atoms with Crippen molar-refractivity contribution in [2.75, 3.05) is 20.2 Å². The summed E-state index contributed by atoms with van der Waals surface area (Å²) in [4.78, 5) is 15.4. The molecule has 1 unspecified atom stereocenters. The zero-order chi connectivity index (χ0) is 12.3. The van der Waals surface area contributed by atoms with Crippen molar-refractivity contribution in [2.24, 2.45) is 0 Å². The minimum Gasteiger partial charge on any atom is -0.376 e. The fourth-order valence-electron chi connectivity index (χ4n) is 1.97. The van der Waals surface area contributed by atoms with Crippen LogP contribution in [-0.4, -0.2) is 37.1 Å². The maximum atomic E-state index is 12.1. The van der Waals surface area contributed by atoms with Crippen LogP contribution in [0.2, 0.25) is 0 Å². The first-order valence-electron chi connectivity index (χ1n) is 5.81. The lowest BCUT2D eigenvalue weighted by Crippen LogP contribution is -2.36. The van der Waals surface area contributed by atoms with Crippen molar-refractivity contribution < 1.29 is 9.53 Å². The van der Waals surface area contributed by atoms with Gasteiger partial charge in [0.1, 0.15) is 0 Å². The molecule has 1 fully saturated rings. The Morgan fingerprint density at radius 3 is 3.06 bits per heavy atom. The van der Waals surface area contributed by atoms with E-state index in [1.54, 1.807) is 4.90 Å². The van der Waals surface area contributed by atoms with Gasteiger partial charge in [0.05, 0.1) is 11.0 Å². The van der Waals surface area contributed by atoms with Crippen LogP contribution in [0.1, 0.15) is 28.9 Å². The van der Waals surface area contributed by atoms with Crippen LogP contribution in [0, 0.1) is 0 Å². The molecule has 1 amide bonds. The van der Waals surface area contributed by atoms with Gasteiger partial charge >= 0.3 is 0 Å². The molecule has 2 rings (SSSR count). The highest BCUT2D eigenvalue weighted by Gasteiger charge is 2.20. The van der Waals surface area contributed by atoms with E-state index in [9.17, 15) is 4.79 Å². The first kappa shape index (κ1) is 12.9. The van der Waals surface area contributed by atoms with Crippen LogP contribution in [0.5, 0.6) is 0 Å². The van der Waals surface area contributed by atoms with E-state index < -0.39 is 0 Å². The van der Waals surface area contributed by atoms with E-state index in [1.807, 2.05) is 18.5 Å². The number of hydrogen-bond donors (Lipinski definition) is 1. The monoisotopic (exact) mass is 271 g/mol. The molecule has 0 radical (unpaired) electrons. The fraction of sp³-hybridized carbons (Fsp3) is 0.583. The molecule has 94 valence electrons. The van der Waals surface area contributed by atoms with Crippen LogP contribution in [0.4, 0.5) is 0 Å². The molecule has 0 aliphatic carbocycles. The lowest BCUT2D eigenvalue weighted by atomic mass is 10.1. The zero-order valence-electron chi connectivity index (χ0n) is 9.89. The summed E-state index contributed by atoms with van der Waals surface area (Å²) in [6.07, 6.45) is 3.60. The maximum absolute atomic E-state index is 12.1. The Bertz CT molecular complexity index is 386. The Morgan fingerprint density at radius 2 is 2.47 bits per heavy atom. The maximum Gasteiger partial charge on any atom is 0.263 e. The summed E-state index contributed by atoms with van der Waals surface area (Å²) in [5, 5.41) is 1.88. The fourth-order valence-corrected chi connectivity index (χ4v) is 3.11. The predicted molar refractivity (Wildman–Crippen MR) is 72.1 cm³/mol. The van der Waals surface area contributed by atoms with E-state index >= 15 is 0 Å². The van der Waals surface area contributed by atoms with E-state index in [0.29, 0.717) is 6.54 Å². The van der Waals surface area contributed by atoms with E-state index in [0.717, 1.165) is 29.2 Å². The molecular weight excluding hydrogens is 254 g/mol. The van der Waals surface area contributed by atoms with Gasteiger partial charge in [0.25, 0.3) is 5.91 Å². The van der Waals surface area contributed by atoms with Gasteiger partial charge in [-0.15, -0.1) is 24.0 Å². The van der Waals surface area contributed by atoms with Gasteiger partial charge in [0.15, 0.2) is 0 Å². The number of carbonyl (C=O) groups is 1. The number of rotatable bonds is 3. The summed E-state index contributed by atoms with van der Waals surface area (Å²) >= 11 is 5.65. The number of carbonyl (C=O) groups excluding carboxylic acids is 1. The SMILES string of the molecule is CN(CC1CCCCO1)C(=O)c1cc(S)cs1. The Labute approximate surface area is 111 Å². The van der Waals surface area contributed by atoms with Crippen LogP contribution >= 0.6 is 24.0 Å². The molecule has 0 saturated carbocycles. The summed E-state index contributed by atoms with van der Waals surface area (Å²) < 4.78 is 5.63. The molecule has 0 N–H and O–H groups in total. The smallest absolute Gasteiger partial charge is 0.263 e. The first-order valence-corrected chi connectivity index (χ1v) is 7.14. The molecule has 0 spiro atoms. The molecule has 0 aromatic carbocycles. The van der Waals surface area contributed by atoms with Crippen molar-refractivity contribution in [1.29, 1.82) is 0 Å². The quantitative estimate of drug-likeness (QED) is 0.857. The molecule has 0 bridgehead atoms. The molecule has 3 nitrogen and oxygen atoms in total. The Morgan fingerprint density at radius 1 is 1.65 bits per heavy atom. The molecule has 1 aliphatic rings. The summed E-state index contributed by atoms with van der Waals surface area (Å²) in [5.41, 5.74) is 0. The normalized spacial score (nSPS) is 20.2. The van der Waals surface area contributed by atoms with Gasteiger partial charge in [-0.3, -0.25) is 4.79 Å². The highest BCUT2D eigenvalue weighted by atomic mass is 32.1. The van der Waals surface area contributed by atoms with E-state index in [2.05, 4.69) is 12.6 Å². The minimum atomic E-state index is 0.0597. The Hall–Kier alpha value is -0.520. The van der Waals surface area contributed by atoms with E-state index in [-0.39, 0.29) is 12.0 Å². The molecule has 1 saturated heterocycles. The molecule has 1 aromatic heterocycles. The first-order chi connectivity index (χ1) is 8.16. The lowest BCUT2D eigenvalue weighted by molar-refractivity contribution is -0.000103. The van der Waals surface area contributed by atoms with Crippen molar-refractivity contribution in [2.45, 2.75) is 30.3 Å². The molecule has 17 heavy (non-hydrogen) atoms. The van der Waals surface area contributed by atoms with Crippen LogP contribution in [0.3, 0.4) is 0 Å². The molecule has 1 aliphatic heterocycles. The highest BCUT2D eigenvalue weighted by molar-refractivity contribution is 7.80. The molecule has 1 aromatic rings. The molecule has 2 heterocycles. The van der Waals surface area contributed by atoms with Gasteiger partial charge in [-0.05, 0) is 25.3 Å². The van der Waals surface area contributed by atoms with E-state index in [1.165, 1.54) is 17.8 Å². The Kier molecular flexibility index (Phi) is 4.48. The second-order valence-electron chi connectivity index (χ2n) is 4.34. The van der Waals surface area contributed by atoms with Crippen LogP contribution in [0.25, 0.3) is 0 Å². The second kappa shape index (κ2) is 5.89. The Balaban J connectivity index is 1.90. The lowest BCUT2D eigenvalue weighted by Gasteiger charge is -2.27. The summed E-state index contributed by atoms with van der Waals surface area (Å²) in [7, 11) is 1.83. The molecular formula is C12H17NO2S2. The summed E-state index contributed by atoms with van der Waals surface area (Å²) in [5.74, 6) is 0.0597. The third-order valence-electron chi connectivity index (χ3n) is 2.89. The number of ether oxygens (including phenoxy) is 1. The van der Waals surface area contributed by atoms with Gasteiger partial charge < -0.3 is 9.64 Å². The van der Waals surface area contributed by atoms with Crippen molar-refractivity contribution >= 4 is 29.9 Å². The largest absolute Gasteiger partial charge is 0.376 e. The van der Waals surface area contributed by atoms with Crippen LogP contribution in [0.15, 0.2) is 16.3 Å². The summed E-state index contributed by atoms with van der Waals surface area (Å²) in [6, 6.07) is 1.81. The predicted octanol–water partition coefficient (Wildman–Crippen LogP) is 2.68. The number of amides is 1. The van der Waals surface area contributed by atoms with Gasteiger partial charge in [0.2, 0.25) is 0 Å². The second-order valence-corrected chi connectivity index (χ2v) is 5.77. The van der Waals surface area contributed by atoms with Crippen molar-refractivity contribution in [1.82, 2.24) is 4.90 Å². The van der Waals surface area contributed by atoms with Crippen LogP contribution in [-0.2, 0) is 4.74 Å². The van der Waals surface area contributed by atoms with Gasteiger partial charge in [-0.25, -0.2) is 0 Å². The third-order valence-corrected chi connectivity index (χ3v) is 4.25. The average molecular weight is 271 g/mol. The molecule has 1 atom stereocenters. The average Bonchev–Trinajstić information content (AvgIpc) is 2.76. The van der Waals surface area contributed by atoms with Crippen molar-refractivity contribution in [3.8, 4) is 0 Å². The highest BCUT2D eigenvalue weighted by Crippen LogP contribution is 2.20. The van der Waals surface area contributed by atoms with Gasteiger partial charge in [0, 0.05) is 30.5 Å². The molecule has 5 heteroatoms.